The zero-order chi connectivity index (χ0) is 11.4. The minimum Gasteiger partial charge on any atom is -0.409 e. The molecule has 0 spiro atoms. The van der Waals surface area contributed by atoms with Crippen molar-refractivity contribution in [3.8, 4) is 0 Å². The van der Waals surface area contributed by atoms with Gasteiger partial charge < -0.3 is 20.4 Å². The van der Waals surface area contributed by atoms with Gasteiger partial charge in [-0.2, -0.15) is 0 Å². The lowest BCUT2D eigenvalue weighted by Crippen LogP contribution is -2.33. The first-order valence-corrected chi connectivity index (χ1v) is 4.72. The molecular formula is C9H17N5O. The Hall–Kier alpha value is -1.72. The monoisotopic (exact) mass is 211 g/mol. The number of aromatic nitrogens is 2. The van der Waals surface area contributed by atoms with Gasteiger partial charge in [-0.3, -0.25) is 0 Å². The maximum Gasteiger partial charge on any atom is 0.204 e. The highest BCUT2D eigenvalue weighted by molar-refractivity contribution is 5.82. The van der Waals surface area contributed by atoms with Gasteiger partial charge in [0.15, 0.2) is 0 Å². The molecule has 1 atom stereocenters. The van der Waals surface area contributed by atoms with Crippen molar-refractivity contribution in [2.45, 2.75) is 6.92 Å². The Bertz CT molecular complexity index is 346. The van der Waals surface area contributed by atoms with E-state index in [2.05, 4.69) is 10.1 Å². The van der Waals surface area contributed by atoms with E-state index in [1.165, 1.54) is 0 Å². The molecule has 0 aliphatic heterocycles. The van der Waals surface area contributed by atoms with Crippen LogP contribution in [0.1, 0.15) is 6.92 Å². The van der Waals surface area contributed by atoms with Gasteiger partial charge in [0.1, 0.15) is 5.84 Å². The quantitative estimate of drug-likeness (QED) is 0.323. The molecule has 0 aliphatic rings. The summed E-state index contributed by atoms with van der Waals surface area (Å²) in [6.45, 7) is 2.55. The molecule has 0 saturated carbocycles. The minimum absolute atomic E-state index is 0.0169. The molecule has 6 nitrogen and oxygen atoms in total. The number of aryl methyl sites for hydroxylation is 1. The Morgan fingerprint density at radius 3 is 2.93 bits per heavy atom. The zero-order valence-electron chi connectivity index (χ0n) is 9.25. The molecule has 84 valence electrons. The van der Waals surface area contributed by atoms with Crippen molar-refractivity contribution in [1.29, 1.82) is 0 Å². The van der Waals surface area contributed by atoms with Gasteiger partial charge in [0.05, 0.1) is 0 Å². The van der Waals surface area contributed by atoms with E-state index in [9.17, 15) is 0 Å². The van der Waals surface area contributed by atoms with E-state index < -0.39 is 0 Å². The third kappa shape index (κ3) is 2.61. The molecule has 0 bridgehead atoms. The van der Waals surface area contributed by atoms with Gasteiger partial charge in [-0.15, -0.1) is 0 Å². The summed E-state index contributed by atoms with van der Waals surface area (Å²) in [5, 5.41) is 11.5. The van der Waals surface area contributed by atoms with Gasteiger partial charge >= 0.3 is 0 Å². The number of nitrogens with two attached hydrogens (primary N) is 1. The van der Waals surface area contributed by atoms with Crippen molar-refractivity contribution in [2.24, 2.45) is 23.9 Å². The number of amidine groups is 1. The largest absolute Gasteiger partial charge is 0.409 e. The highest BCUT2D eigenvalue weighted by Crippen LogP contribution is 2.09. The summed E-state index contributed by atoms with van der Waals surface area (Å²) in [7, 11) is 3.84. The lowest BCUT2D eigenvalue weighted by Gasteiger charge is -2.21. The standard InChI is InChI=1S/C9H17N5O/c1-7(8(10)12-15)6-14(3)9-11-4-5-13(9)2/h4-5,7,15H,6H2,1-3H3,(H2,10,12). The molecule has 3 N–H and O–H groups in total. The third-order valence-corrected chi connectivity index (χ3v) is 2.31. The van der Waals surface area contributed by atoms with E-state index in [-0.39, 0.29) is 11.8 Å². The van der Waals surface area contributed by atoms with Crippen LogP contribution in [0.5, 0.6) is 0 Å². The number of imidazole rings is 1. The molecule has 1 heterocycles. The Balaban J connectivity index is 2.64. The van der Waals surface area contributed by atoms with E-state index in [0.717, 1.165) is 5.95 Å². The molecule has 6 heteroatoms. The molecule has 0 aromatic carbocycles. The molecule has 15 heavy (non-hydrogen) atoms. The molecule has 1 rings (SSSR count). The van der Waals surface area contributed by atoms with Crippen LogP contribution in [-0.2, 0) is 7.05 Å². The molecule has 0 amide bonds. The van der Waals surface area contributed by atoms with Gasteiger partial charge in [-0.1, -0.05) is 12.1 Å². The molecule has 0 radical (unpaired) electrons. The fourth-order valence-electron chi connectivity index (χ4n) is 1.41. The van der Waals surface area contributed by atoms with Crippen LogP contribution in [0.25, 0.3) is 0 Å². The van der Waals surface area contributed by atoms with Crippen molar-refractivity contribution in [3.63, 3.8) is 0 Å². The van der Waals surface area contributed by atoms with E-state index in [0.29, 0.717) is 6.54 Å². The summed E-state index contributed by atoms with van der Waals surface area (Å²) < 4.78 is 1.92. The van der Waals surface area contributed by atoms with E-state index in [1.807, 2.05) is 36.7 Å². The van der Waals surface area contributed by atoms with Crippen LogP contribution in [0.3, 0.4) is 0 Å². The summed E-state index contributed by atoms with van der Waals surface area (Å²) in [6.07, 6.45) is 3.61. The highest BCUT2D eigenvalue weighted by atomic mass is 16.4. The number of hydrogen-bond donors (Lipinski definition) is 2. The predicted molar refractivity (Wildman–Crippen MR) is 59.1 cm³/mol. The zero-order valence-corrected chi connectivity index (χ0v) is 9.25. The fourth-order valence-corrected chi connectivity index (χ4v) is 1.41. The second-order valence-corrected chi connectivity index (χ2v) is 3.64. The fraction of sp³-hybridized carbons (Fsp3) is 0.556. The third-order valence-electron chi connectivity index (χ3n) is 2.31. The molecular weight excluding hydrogens is 194 g/mol. The Morgan fingerprint density at radius 2 is 2.47 bits per heavy atom. The van der Waals surface area contributed by atoms with E-state index >= 15 is 0 Å². The molecule has 0 fully saturated rings. The van der Waals surface area contributed by atoms with E-state index in [1.54, 1.807) is 6.20 Å². The van der Waals surface area contributed by atoms with Crippen LogP contribution in [0.4, 0.5) is 5.95 Å². The first-order valence-electron chi connectivity index (χ1n) is 4.72. The number of rotatable bonds is 4. The summed E-state index contributed by atoms with van der Waals surface area (Å²) in [5.41, 5.74) is 5.50. The predicted octanol–water partition coefficient (Wildman–Crippen LogP) is 0.239. The summed E-state index contributed by atoms with van der Waals surface area (Å²) >= 11 is 0. The molecule has 1 aromatic rings. The Morgan fingerprint density at radius 1 is 1.80 bits per heavy atom. The van der Waals surface area contributed by atoms with Crippen LogP contribution in [0, 0.1) is 5.92 Å². The summed E-state index contributed by atoms with van der Waals surface area (Å²) in [5.74, 6) is 1.07. The lowest BCUT2D eigenvalue weighted by molar-refractivity contribution is 0.314. The number of nitrogens with zero attached hydrogens (tertiary/aromatic N) is 4. The van der Waals surface area contributed by atoms with Crippen LogP contribution in [0.15, 0.2) is 17.5 Å². The molecule has 0 aliphatic carbocycles. The van der Waals surface area contributed by atoms with Crippen LogP contribution in [0.2, 0.25) is 0 Å². The van der Waals surface area contributed by atoms with Crippen LogP contribution in [-0.4, -0.2) is 34.2 Å². The number of oxime groups is 1. The topological polar surface area (TPSA) is 79.7 Å². The second-order valence-electron chi connectivity index (χ2n) is 3.64. The maximum atomic E-state index is 8.53. The van der Waals surface area contributed by atoms with Crippen LogP contribution < -0.4 is 10.6 Å². The minimum atomic E-state index is -0.0169. The van der Waals surface area contributed by atoms with Gasteiger partial charge in [0.2, 0.25) is 5.95 Å². The average molecular weight is 211 g/mol. The molecule has 1 unspecified atom stereocenters. The van der Waals surface area contributed by atoms with Crippen molar-refractivity contribution < 1.29 is 5.21 Å². The van der Waals surface area contributed by atoms with Gasteiger partial charge in [-0.25, -0.2) is 4.98 Å². The SMILES string of the molecule is CC(CN(C)c1nccn1C)C(N)=NO. The second kappa shape index (κ2) is 4.68. The summed E-state index contributed by atoms with van der Waals surface area (Å²) in [4.78, 5) is 6.16. The average Bonchev–Trinajstić information content (AvgIpc) is 2.63. The van der Waals surface area contributed by atoms with Gasteiger partial charge in [0, 0.05) is 39.0 Å². The lowest BCUT2D eigenvalue weighted by atomic mass is 10.1. The highest BCUT2D eigenvalue weighted by Gasteiger charge is 2.13. The van der Waals surface area contributed by atoms with Gasteiger partial charge in [-0.05, 0) is 0 Å². The van der Waals surface area contributed by atoms with Crippen molar-refractivity contribution in [3.05, 3.63) is 12.4 Å². The van der Waals surface area contributed by atoms with Crippen molar-refractivity contribution in [1.82, 2.24) is 9.55 Å². The maximum absolute atomic E-state index is 8.53. The van der Waals surface area contributed by atoms with E-state index in [4.69, 9.17) is 10.9 Å². The van der Waals surface area contributed by atoms with Gasteiger partial charge in [0.25, 0.3) is 0 Å². The number of hydrogen-bond acceptors (Lipinski definition) is 4. The first kappa shape index (κ1) is 11.4. The molecule has 0 saturated heterocycles. The van der Waals surface area contributed by atoms with Crippen molar-refractivity contribution in [2.75, 3.05) is 18.5 Å². The Labute approximate surface area is 89.0 Å². The molecule has 1 aromatic heterocycles. The number of anilines is 1. The normalized spacial score (nSPS) is 13.9. The van der Waals surface area contributed by atoms with Crippen molar-refractivity contribution >= 4 is 11.8 Å². The first-order chi connectivity index (χ1) is 7.06. The summed E-state index contributed by atoms with van der Waals surface area (Å²) in [6, 6.07) is 0. The Kier molecular flexibility index (Phi) is 3.54. The smallest absolute Gasteiger partial charge is 0.204 e. The van der Waals surface area contributed by atoms with Crippen LogP contribution >= 0.6 is 0 Å².